The minimum Gasteiger partial charge on any atom is -0.319 e. The molecule has 0 saturated heterocycles. The van der Waals surface area contributed by atoms with Crippen LogP contribution in [0.3, 0.4) is 0 Å². The number of amides is 1. The molecule has 1 amide bonds. The lowest BCUT2D eigenvalue weighted by atomic mass is 10.3. The van der Waals surface area contributed by atoms with Crippen molar-refractivity contribution in [1.29, 1.82) is 0 Å². The molecule has 1 aromatic heterocycles. The molecule has 1 heterocycles. The summed E-state index contributed by atoms with van der Waals surface area (Å²) in [6, 6.07) is 6.91. The van der Waals surface area contributed by atoms with Crippen LogP contribution in [-0.4, -0.2) is 15.7 Å². The maximum Gasteiger partial charge on any atom is 0.273 e. The second-order valence-electron chi connectivity index (χ2n) is 3.42. The summed E-state index contributed by atoms with van der Waals surface area (Å²) in [6.45, 7) is 0. The fourth-order valence-electron chi connectivity index (χ4n) is 1.37. The first-order valence-electron chi connectivity index (χ1n) is 4.82. The number of hydrogen-bond donors (Lipinski definition) is 1. The van der Waals surface area contributed by atoms with E-state index in [9.17, 15) is 4.79 Å². The largest absolute Gasteiger partial charge is 0.319 e. The van der Waals surface area contributed by atoms with Crippen molar-refractivity contribution in [2.75, 3.05) is 5.32 Å². The van der Waals surface area contributed by atoms with E-state index in [0.717, 1.165) is 4.47 Å². The SMILES string of the molecule is Cn1nccc1C(=O)Nc1ccc(Br)cc1Cl. The van der Waals surface area contributed by atoms with Crippen LogP contribution in [0.5, 0.6) is 0 Å². The second kappa shape index (κ2) is 4.89. The molecule has 2 rings (SSSR count). The van der Waals surface area contributed by atoms with Gasteiger partial charge in [-0.25, -0.2) is 0 Å². The Morgan fingerprint density at radius 3 is 2.82 bits per heavy atom. The van der Waals surface area contributed by atoms with Crippen molar-refractivity contribution in [1.82, 2.24) is 9.78 Å². The zero-order chi connectivity index (χ0) is 12.4. The van der Waals surface area contributed by atoms with Crippen molar-refractivity contribution < 1.29 is 4.79 Å². The highest BCUT2D eigenvalue weighted by Crippen LogP contribution is 2.25. The van der Waals surface area contributed by atoms with Crippen LogP contribution in [0.1, 0.15) is 10.5 Å². The Kier molecular flexibility index (Phi) is 3.49. The Morgan fingerprint density at radius 2 is 2.24 bits per heavy atom. The van der Waals surface area contributed by atoms with Crippen molar-refractivity contribution in [2.45, 2.75) is 0 Å². The van der Waals surface area contributed by atoms with Crippen LogP contribution in [0.15, 0.2) is 34.9 Å². The average Bonchev–Trinajstić information content (AvgIpc) is 2.68. The third-order valence-electron chi connectivity index (χ3n) is 2.23. The second-order valence-corrected chi connectivity index (χ2v) is 4.74. The van der Waals surface area contributed by atoms with Gasteiger partial charge < -0.3 is 5.32 Å². The fraction of sp³-hybridized carbons (Fsp3) is 0.0909. The molecule has 0 fully saturated rings. The molecule has 6 heteroatoms. The topological polar surface area (TPSA) is 46.9 Å². The lowest BCUT2D eigenvalue weighted by Crippen LogP contribution is -2.16. The molecule has 0 spiro atoms. The third kappa shape index (κ3) is 2.68. The monoisotopic (exact) mass is 313 g/mol. The van der Waals surface area contributed by atoms with Gasteiger partial charge in [0.05, 0.1) is 10.7 Å². The normalized spacial score (nSPS) is 10.3. The summed E-state index contributed by atoms with van der Waals surface area (Å²) < 4.78 is 2.36. The van der Waals surface area contributed by atoms with E-state index in [2.05, 4.69) is 26.3 Å². The Morgan fingerprint density at radius 1 is 1.47 bits per heavy atom. The number of halogens is 2. The zero-order valence-electron chi connectivity index (χ0n) is 8.95. The molecule has 0 radical (unpaired) electrons. The van der Waals surface area contributed by atoms with Gasteiger partial charge in [-0.3, -0.25) is 9.48 Å². The number of rotatable bonds is 2. The number of nitrogens with one attached hydrogen (secondary N) is 1. The highest BCUT2D eigenvalue weighted by atomic mass is 79.9. The molecule has 1 aromatic carbocycles. The molecule has 0 aliphatic heterocycles. The predicted octanol–water partition coefficient (Wildman–Crippen LogP) is 3.09. The molecule has 0 unspecified atom stereocenters. The van der Waals surface area contributed by atoms with Gasteiger partial charge >= 0.3 is 0 Å². The van der Waals surface area contributed by atoms with Crippen LogP contribution in [0.4, 0.5) is 5.69 Å². The number of aryl methyl sites for hydroxylation is 1. The molecule has 0 aliphatic rings. The molecular weight excluding hydrogens is 305 g/mol. The van der Waals surface area contributed by atoms with Crippen molar-refractivity contribution in [3.63, 3.8) is 0 Å². The molecular formula is C11H9BrClN3O. The van der Waals surface area contributed by atoms with Crippen molar-refractivity contribution in [3.05, 3.63) is 45.7 Å². The summed E-state index contributed by atoms with van der Waals surface area (Å²) in [5, 5.41) is 7.14. The van der Waals surface area contributed by atoms with E-state index < -0.39 is 0 Å². The van der Waals surface area contributed by atoms with Crippen LogP contribution in [0.25, 0.3) is 0 Å². The van der Waals surface area contributed by atoms with E-state index >= 15 is 0 Å². The molecule has 0 aliphatic carbocycles. The Bertz CT molecular complexity index is 568. The van der Waals surface area contributed by atoms with Crippen LogP contribution in [0, 0.1) is 0 Å². The molecule has 0 saturated carbocycles. The smallest absolute Gasteiger partial charge is 0.273 e. The summed E-state index contributed by atoms with van der Waals surface area (Å²) in [5.74, 6) is -0.241. The highest BCUT2D eigenvalue weighted by Gasteiger charge is 2.11. The van der Waals surface area contributed by atoms with Gasteiger partial charge in [-0.1, -0.05) is 27.5 Å². The molecule has 1 N–H and O–H groups in total. The van der Waals surface area contributed by atoms with Crippen LogP contribution in [0.2, 0.25) is 5.02 Å². The van der Waals surface area contributed by atoms with E-state index in [1.54, 1.807) is 31.4 Å². The average molecular weight is 315 g/mol. The highest BCUT2D eigenvalue weighted by molar-refractivity contribution is 9.10. The van der Waals surface area contributed by atoms with E-state index in [-0.39, 0.29) is 5.91 Å². The first-order valence-corrected chi connectivity index (χ1v) is 5.99. The van der Waals surface area contributed by atoms with Gasteiger partial charge in [0.25, 0.3) is 5.91 Å². The van der Waals surface area contributed by atoms with Crippen molar-refractivity contribution in [3.8, 4) is 0 Å². The number of carbonyl (C=O) groups excluding carboxylic acids is 1. The first-order chi connectivity index (χ1) is 8.08. The number of benzene rings is 1. The van der Waals surface area contributed by atoms with Gasteiger partial charge in [-0.05, 0) is 24.3 Å². The molecule has 17 heavy (non-hydrogen) atoms. The van der Waals surface area contributed by atoms with Crippen molar-refractivity contribution >= 4 is 39.1 Å². The van der Waals surface area contributed by atoms with Gasteiger partial charge in [0.15, 0.2) is 0 Å². The minimum absolute atomic E-state index is 0.241. The number of carbonyl (C=O) groups is 1. The van der Waals surface area contributed by atoms with E-state index in [1.165, 1.54) is 4.68 Å². The minimum atomic E-state index is -0.241. The standard InChI is InChI=1S/C11H9BrClN3O/c1-16-10(4-5-14-16)11(17)15-9-3-2-7(12)6-8(9)13/h2-6H,1H3,(H,15,17). The molecule has 4 nitrogen and oxygen atoms in total. The fourth-order valence-corrected chi connectivity index (χ4v) is 2.09. The lowest BCUT2D eigenvalue weighted by Gasteiger charge is -2.07. The molecule has 0 bridgehead atoms. The van der Waals surface area contributed by atoms with Gasteiger partial charge in [0.2, 0.25) is 0 Å². The number of nitrogens with zero attached hydrogens (tertiary/aromatic N) is 2. The Labute approximate surface area is 112 Å². The Balaban J connectivity index is 2.22. The maximum absolute atomic E-state index is 11.9. The van der Waals surface area contributed by atoms with Gasteiger partial charge in [0, 0.05) is 17.7 Å². The quantitative estimate of drug-likeness (QED) is 0.926. The Hall–Kier alpha value is -1.33. The molecule has 0 atom stereocenters. The van der Waals surface area contributed by atoms with Gasteiger partial charge in [0.1, 0.15) is 5.69 Å². The van der Waals surface area contributed by atoms with Crippen molar-refractivity contribution in [2.24, 2.45) is 7.05 Å². The molecule has 2 aromatic rings. The summed E-state index contributed by atoms with van der Waals surface area (Å²) >= 11 is 9.31. The number of hydrogen-bond acceptors (Lipinski definition) is 2. The summed E-state index contributed by atoms with van der Waals surface area (Å²) in [7, 11) is 1.71. The van der Waals surface area contributed by atoms with Gasteiger partial charge in [-0.2, -0.15) is 5.10 Å². The third-order valence-corrected chi connectivity index (χ3v) is 3.04. The molecule has 88 valence electrons. The lowest BCUT2D eigenvalue weighted by molar-refractivity contribution is 0.101. The number of anilines is 1. The summed E-state index contributed by atoms with van der Waals surface area (Å²) in [4.78, 5) is 11.9. The van der Waals surface area contributed by atoms with Crippen LogP contribution >= 0.6 is 27.5 Å². The first kappa shape index (κ1) is 12.1. The number of aromatic nitrogens is 2. The maximum atomic E-state index is 11.9. The van der Waals surface area contributed by atoms with Crippen LogP contribution in [-0.2, 0) is 7.05 Å². The zero-order valence-corrected chi connectivity index (χ0v) is 11.3. The van der Waals surface area contributed by atoms with Gasteiger partial charge in [-0.15, -0.1) is 0 Å². The van der Waals surface area contributed by atoms with E-state index in [4.69, 9.17) is 11.6 Å². The summed E-state index contributed by atoms with van der Waals surface area (Å²) in [6.07, 6.45) is 1.57. The van der Waals surface area contributed by atoms with Crippen LogP contribution < -0.4 is 5.32 Å². The predicted molar refractivity (Wildman–Crippen MR) is 70.3 cm³/mol. The summed E-state index contributed by atoms with van der Waals surface area (Å²) in [5.41, 5.74) is 1.05. The van der Waals surface area contributed by atoms with E-state index in [1.807, 2.05) is 6.07 Å². The van der Waals surface area contributed by atoms with E-state index in [0.29, 0.717) is 16.4 Å².